The predicted octanol–water partition coefficient (Wildman–Crippen LogP) is -1.49. The Morgan fingerprint density at radius 2 is 1.29 bits per heavy atom. The summed E-state index contributed by atoms with van der Waals surface area (Å²) in [5.74, 6) is -2.06. The maximum absolute atomic E-state index is 12.0. The number of hydrogen-bond donors (Lipinski definition) is 0. The van der Waals surface area contributed by atoms with Crippen molar-refractivity contribution in [3.05, 3.63) is 71.3 Å². The third-order valence-electron chi connectivity index (χ3n) is 2.84. The van der Waals surface area contributed by atoms with Crippen LogP contribution in [-0.2, 0) is 0 Å². The summed E-state index contributed by atoms with van der Waals surface area (Å²) in [7, 11) is 0. The fraction of sp³-hybridized carbons (Fsp3) is 0.0625. The summed E-state index contributed by atoms with van der Waals surface area (Å²) in [5, 5.41) is 10.7. The summed E-state index contributed by atoms with van der Waals surface area (Å²) >= 11 is 0. The Hall–Kier alpha value is -1.75. The first-order chi connectivity index (χ1) is 9.58. The zero-order valence-corrected chi connectivity index (χ0v) is 13.5. The molecule has 0 radical (unpaired) electrons. The topological polar surface area (TPSA) is 74.3 Å². The molecule has 0 bridgehead atoms. The molecule has 100 valence electrons. The molecule has 0 aromatic heterocycles. The van der Waals surface area contributed by atoms with Crippen LogP contribution in [0, 0.1) is 0 Å². The van der Waals surface area contributed by atoms with E-state index < -0.39 is 11.8 Å². The summed E-state index contributed by atoms with van der Waals surface area (Å²) in [6.45, 7) is 0. The van der Waals surface area contributed by atoms with Crippen LogP contribution in [0.5, 0.6) is 0 Å². The molecule has 2 aromatic carbocycles. The molecule has 5 heteroatoms. The Balaban J connectivity index is 0.00000220. The monoisotopic (exact) mass is 290 g/mol. The van der Waals surface area contributed by atoms with Gasteiger partial charge in [0.1, 0.15) is 0 Å². The third-order valence-corrected chi connectivity index (χ3v) is 2.84. The van der Waals surface area contributed by atoms with Gasteiger partial charge in [0.25, 0.3) is 0 Å². The molecule has 4 nitrogen and oxygen atoms in total. The van der Waals surface area contributed by atoms with E-state index in [1.807, 2.05) is 0 Å². The van der Waals surface area contributed by atoms with Crippen molar-refractivity contribution in [2.45, 2.75) is 6.42 Å². The van der Waals surface area contributed by atoms with E-state index in [-0.39, 0.29) is 52.9 Å². The van der Waals surface area contributed by atoms with Gasteiger partial charge in [0.2, 0.25) is 0 Å². The molecule has 0 saturated carbocycles. The van der Waals surface area contributed by atoms with E-state index >= 15 is 0 Å². The van der Waals surface area contributed by atoms with Crippen molar-refractivity contribution in [1.82, 2.24) is 0 Å². The molecule has 0 aliphatic carbocycles. The number of Topliss-reactive ketones (excluding diaryl/α,β-unsaturated/α-hetero) is 2. The van der Waals surface area contributed by atoms with Gasteiger partial charge in [-0.05, 0) is 11.6 Å². The van der Waals surface area contributed by atoms with Gasteiger partial charge in [-0.3, -0.25) is 9.59 Å². The quantitative estimate of drug-likeness (QED) is 0.382. The molecular formula is C16H11NaO4. The van der Waals surface area contributed by atoms with Crippen molar-refractivity contribution in [3.63, 3.8) is 0 Å². The smallest absolute Gasteiger partial charge is 0.545 e. The van der Waals surface area contributed by atoms with E-state index in [4.69, 9.17) is 0 Å². The predicted molar refractivity (Wildman–Crippen MR) is 70.5 cm³/mol. The second kappa shape index (κ2) is 7.88. The number of benzene rings is 2. The second-order valence-electron chi connectivity index (χ2n) is 4.26. The van der Waals surface area contributed by atoms with Crippen molar-refractivity contribution >= 4 is 17.5 Å². The maximum atomic E-state index is 12.0. The van der Waals surface area contributed by atoms with Crippen LogP contribution in [-0.4, -0.2) is 17.5 Å². The molecule has 2 aromatic rings. The minimum atomic E-state index is -1.35. The van der Waals surface area contributed by atoms with Crippen LogP contribution in [0.25, 0.3) is 0 Å². The average molecular weight is 290 g/mol. The minimum Gasteiger partial charge on any atom is -0.545 e. The normalized spacial score (nSPS) is 9.52. The van der Waals surface area contributed by atoms with Gasteiger partial charge >= 0.3 is 29.6 Å². The zero-order chi connectivity index (χ0) is 14.5. The van der Waals surface area contributed by atoms with Gasteiger partial charge in [-0.2, -0.15) is 0 Å². The van der Waals surface area contributed by atoms with Gasteiger partial charge in [0.05, 0.1) is 12.4 Å². The van der Waals surface area contributed by atoms with E-state index in [0.29, 0.717) is 5.56 Å². The minimum absolute atomic E-state index is 0. The number of carboxylic acids is 1. The molecule has 0 saturated heterocycles. The van der Waals surface area contributed by atoms with Gasteiger partial charge in [-0.15, -0.1) is 0 Å². The Morgan fingerprint density at radius 1 is 0.762 bits per heavy atom. The molecule has 0 fully saturated rings. The van der Waals surface area contributed by atoms with E-state index in [9.17, 15) is 19.5 Å². The first-order valence-corrected chi connectivity index (χ1v) is 6.01. The Morgan fingerprint density at radius 3 is 1.90 bits per heavy atom. The Labute approximate surface area is 144 Å². The summed E-state index contributed by atoms with van der Waals surface area (Å²) < 4.78 is 0. The van der Waals surface area contributed by atoms with Crippen molar-refractivity contribution in [1.29, 1.82) is 0 Å². The zero-order valence-electron chi connectivity index (χ0n) is 11.5. The number of carbonyl (C=O) groups is 3. The van der Waals surface area contributed by atoms with Crippen molar-refractivity contribution in [2.24, 2.45) is 0 Å². The number of aromatic carboxylic acids is 1. The third kappa shape index (κ3) is 4.63. The fourth-order valence-electron chi connectivity index (χ4n) is 1.79. The number of hydrogen-bond acceptors (Lipinski definition) is 4. The molecule has 0 aliphatic heterocycles. The summed E-state index contributed by atoms with van der Waals surface area (Å²) in [6, 6.07) is 14.0. The van der Waals surface area contributed by atoms with Gasteiger partial charge < -0.3 is 9.90 Å². The standard InChI is InChI=1S/C16H12O4.Na/c17-14(11-5-2-1-3-6-11)10-15(18)12-7-4-8-13(9-12)16(19)20;/h1-9H,10H2,(H,19,20);/q;+1/p-1. The number of carbonyl (C=O) groups excluding carboxylic acids is 3. The molecule has 0 unspecified atom stereocenters. The first-order valence-electron chi connectivity index (χ1n) is 6.01. The molecule has 0 N–H and O–H groups in total. The first kappa shape index (κ1) is 17.3. The van der Waals surface area contributed by atoms with Gasteiger partial charge in [-0.25, -0.2) is 0 Å². The van der Waals surface area contributed by atoms with Crippen LogP contribution < -0.4 is 34.7 Å². The SMILES string of the molecule is O=C([O-])c1cccc(C(=O)CC(=O)c2ccccc2)c1.[Na+]. The van der Waals surface area contributed by atoms with Crippen LogP contribution in [0.1, 0.15) is 37.5 Å². The fourth-order valence-corrected chi connectivity index (χ4v) is 1.79. The van der Waals surface area contributed by atoms with Crippen LogP contribution in [0.4, 0.5) is 0 Å². The van der Waals surface area contributed by atoms with E-state index in [1.54, 1.807) is 30.3 Å². The summed E-state index contributed by atoms with van der Waals surface area (Å²) in [4.78, 5) is 34.6. The molecule has 0 heterocycles. The van der Waals surface area contributed by atoms with Crippen LogP contribution in [0.15, 0.2) is 54.6 Å². The average Bonchev–Trinajstić information content (AvgIpc) is 2.48. The Bertz CT molecular complexity index is 665. The number of carboxylic acid groups (broad SMARTS) is 1. The van der Waals surface area contributed by atoms with Crippen LogP contribution in [0.3, 0.4) is 0 Å². The van der Waals surface area contributed by atoms with Gasteiger partial charge in [0, 0.05) is 11.1 Å². The molecule has 0 spiro atoms. The van der Waals surface area contributed by atoms with Gasteiger partial charge in [0.15, 0.2) is 11.6 Å². The molecule has 0 aliphatic rings. The largest absolute Gasteiger partial charge is 1.00 e. The Kier molecular flexibility index (Phi) is 6.49. The molecule has 0 atom stereocenters. The van der Waals surface area contributed by atoms with E-state index in [1.165, 1.54) is 24.3 Å². The number of ketones is 2. The molecule has 21 heavy (non-hydrogen) atoms. The van der Waals surface area contributed by atoms with E-state index in [0.717, 1.165) is 0 Å². The van der Waals surface area contributed by atoms with Gasteiger partial charge in [-0.1, -0.05) is 48.5 Å². The van der Waals surface area contributed by atoms with Crippen molar-refractivity contribution < 1.29 is 49.0 Å². The maximum Gasteiger partial charge on any atom is 1.00 e. The van der Waals surface area contributed by atoms with Crippen molar-refractivity contribution in [2.75, 3.05) is 0 Å². The number of rotatable bonds is 5. The van der Waals surface area contributed by atoms with E-state index in [2.05, 4.69) is 0 Å². The molecule has 0 amide bonds. The van der Waals surface area contributed by atoms with Crippen LogP contribution in [0.2, 0.25) is 0 Å². The van der Waals surface area contributed by atoms with Crippen LogP contribution >= 0.6 is 0 Å². The van der Waals surface area contributed by atoms with Crippen molar-refractivity contribution in [3.8, 4) is 0 Å². The molecular weight excluding hydrogens is 279 g/mol. The summed E-state index contributed by atoms with van der Waals surface area (Å²) in [6.07, 6.45) is -0.291. The molecule has 2 rings (SSSR count). The second-order valence-corrected chi connectivity index (χ2v) is 4.26. The summed E-state index contributed by atoms with van der Waals surface area (Å²) in [5.41, 5.74) is 0.566.